The fraction of sp³-hybridized carbons (Fsp3) is 0.588. The van der Waals surface area contributed by atoms with Crippen molar-refractivity contribution in [3.05, 3.63) is 29.8 Å². The Morgan fingerprint density at radius 1 is 1.30 bits per heavy atom. The summed E-state index contributed by atoms with van der Waals surface area (Å²) in [5, 5.41) is 0. The van der Waals surface area contributed by atoms with Gasteiger partial charge in [-0.3, -0.25) is 4.79 Å². The monoisotopic (exact) mass is 275 g/mol. The van der Waals surface area contributed by atoms with Gasteiger partial charge in [0.2, 0.25) is 5.91 Å². The number of benzene rings is 1. The molecule has 1 aromatic rings. The van der Waals surface area contributed by atoms with Gasteiger partial charge < -0.3 is 9.64 Å². The predicted octanol–water partition coefficient (Wildman–Crippen LogP) is 3.45. The Bertz CT molecular complexity index is 454. The molecular weight excluding hydrogens is 250 g/mol. The first-order valence-electron chi connectivity index (χ1n) is 7.71. The standard InChI is InChI=1S/C17H25NO2/c1-4-13(5-2)11-18(6-3)17(19)15-12-20-16-10-8-7-9-14(15)16/h7-10,13,15H,4-6,11-12H2,1-3H3. The van der Waals surface area contributed by atoms with Gasteiger partial charge in [-0.15, -0.1) is 0 Å². The van der Waals surface area contributed by atoms with Crippen LogP contribution in [0.15, 0.2) is 24.3 Å². The second kappa shape index (κ2) is 6.78. The van der Waals surface area contributed by atoms with E-state index < -0.39 is 0 Å². The molecule has 0 saturated carbocycles. The third kappa shape index (κ3) is 2.97. The number of hydrogen-bond acceptors (Lipinski definition) is 2. The van der Waals surface area contributed by atoms with Gasteiger partial charge in [0.05, 0.1) is 0 Å². The third-order valence-electron chi connectivity index (χ3n) is 4.32. The highest BCUT2D eigenvalue weighted by Gasteiger charge is 2.33. The lowest BCUT2D eigenvalue weighted by Crippen LogP contribution is -2.38. The van der Waals surface area contributed by atoms with E-state index in [-0.39, 0.29) is 11.8 Å². The van der Waals surface area contributed by atoms with Gasteiger partial charge in [0, 0.05) is 18.7 Å². The van der Waals surface area contributed by atoms with Gasteiger partial charge in [0.15, 0.2) is 0 Å². The average Bonchev–Trinajstić information content (AvgIpc) is 2.92. The summed E-state index contributed by atoms with van der Waals surface area (Å²) >= 11 is 0. The number of amides is 1. The summed E-state index contributed by atoms with van der Waals surface area (Å²) in [6.07, 6.45) is 2.25. The minimum atomic E-state index is -0.125. The Morgan fingerprint density at radius 2 is 2.00 bits per heavy atom. The number of carbonyl (C=O) groups is 1. The van der Waals surface area contributed by atoms with Crippen LogP contribution in [0.3, 0.4) is 0 Å². The largest absolute Gasteiger partial charge is 0.492 e. The number of ether oxygens (including phenoxy) is 1. The molecule has 1 amide bonds. The van der Waals surface area contributed by atoms with Gasteiger partial charge in [0.25, 0.3) is 0 Å². The lowest BCUT2D eigenvalue weighted by atomic mass is 9.98. The van der Waals surface area contributed by atoms with E-state index in [2.05, 4.69) is 20.8 Å². The SMILES string of the molecule is CCC(CC)CN(CC)C(=O)C1COc2ccccc21. The molecule has 0 fully saturated rings. The van der Waals surface area contributed by atoms with E-state index in [0.29, 0.717) is 12.5 Å². The summed E-state index contributed by atoms with van der Waals surface area (Å²) in [6.45, 7) is 8.56. The van der Waals surface area contributed by atoms with Crippen LogP contribution in [0.5, 0.6) is 5.75 Å². The van der Waals surface area contributed by atoms with Crippen molar-refractivity contribution >= 4 is 5.91 Å². The summed E-state index contributed by atoms with van der Waals surface area (Å²) in [5.41, 5.74) is 1.04. The molecule has 0 aromatic heterocycles. The molecule has 0 radical (unpaired) electrons. The van der Waals surface area contributed by atoms with E-state index in [4.69, 9.17) is 4.74 Å². The van der Waals surface area contributed by atoms with Crippen LogP contribution in [0.4, 0.5) is 0 Å². The maximum absolute atomic E-state index is 12.8. The van der Waals surface area contributed by atoms with Crippen molar-refractivity contribution in [1.82, 2.24) is 4.90 Å². The Hall–Kier alpha value is -1.51. The van der Waals surface area contributed by atoms with Crippen molar-refractivity contribution < 1.29 is 9.53 Å². The number of para-hydroxylation sites is 1. The lowest BCUT2D eigenvalue weighted by molar-refractivity contribution is -0.133. The second-order valence-corrected chi connectivity index (χ2v) is 5.46. The molecule has 0 saturated heterocycles. The van der Waals surface area contributed by atoms with E-state index in [1.807, 2.05) is 29.2 Å². The topological polar surface area (TPSA) is 29.5 Å². The summed E-state index contributed by atoms with van der Waals surface area (Å²) in [5.74, 6) is 1.55. The molecule has 0 aliphatic carbocycles. The first kappa shape index (κ1) is 14.9. The molecule has 3 nitrogen and oxygen atoms in total. The van der Waals surface area contributed by atoms with Crippen molar-refractivity contribution in [3.63, 3.8) is 0 Å². The molecule has 110 valence electrons. The van der Waals surface area contributed by atoms with Crippen LogP contribution < -0.4 is 4.74 Å². The quantitative estimate of drug-likeness (QED) is 0.796. The Morgan fingerprint density at radius 3 is 2.65 bits per heavy atom. The van der Waals surface area contributed by atoms with Crippen molar-refractivity contribution in [2.45, 2.75) is 39.5 Å². The number of rotatable bonds is 6. The van der Waals surface area contributed by atoms with Gasteiger partial charge in [-0.1, -0.05) is 44.9 Å². The van der Waals surface area contributed by atoms with Gasteiger partial charge in [-0.05, 0) is 18.9 Å². The van der Waals surface area contributed by atoms with Gasteiger partial charge >= 0.3 is 0 Å². The Balaban J connectivity index is 2.10. The number of nitrogens with zero attached hydrogens (tertiary/aromatic N) is 1. The van der Waals surface area contributed by atoms with E-state index in [1.54, 1.807) is 0 Å². The zero-order valence-corrected chi connectivity index (χ0v) is 12.8. The Kier molecular flexibility index (Phi) is 5.05. The Labute approximate surface area is 121 Å². The predicted molar refractivity (Wildman–Crippen MR) is 81.0 cm³/mol. The molecule has 2 rings (SSSR count). The van der Waals surface area contributed by atoms with Gasteiger partial charge in [-0.2, -0.15) is 0 Å². The minimum absolute atomic E-state index is 0.125. The second-order valence-electron chi connectivity index (χ2n) is 5.46. The number of likely N-dealkylation sites (N-methyl/N-ethyl adjacent to an activating group) is 1. The van der Waals surface area contributed by atoms with Crippen LogP contribution in [-0.4, -0.2) is 30.5 Å². The molecule has 3 heteroatoms. The van der Waals surface area contributed by atoms with Crippen molar-refractivity contribution in [2.24, 2.45) is 5.92 Å². The summed E-state index contributed by atoms with van der Waals surface area (Å²) in [6, 6.07) is 7.88. The molecular formula is C17H25NO2. The molecule has 1 aromatic carbocycles. The van der Waals surface area contributed by atoms with Crippen LogP contribution in [0, 0.1) is 5.92 Å². The fourth-order valence-corrected chi connectivity index (χ4v) is 2.82. The maximum Gasteiger partial charge on any atom is 0.233 e. The molecule has 1 aliphatic heterocycles. The van der Waals surface area contributed by atoms with E-state index in [0.717, 1.165) is 37.2 Å². The van der Waals surface area contributed by atoms with Crippen LogP contribution in [-0.2, 0) is 4.79 Å². The fourth-order valence-electron chi connectivity index (χ4n) is 2.82. The smallest absolute Gasteiger partial charge is 0.233 e. The van der Waals surface area contributed by atoms with Gasteiger partial charge in [-0.25, -0.2) is 0 Å². The number of carbonyl (C=O) groups excluding carboxylic acids is 1. The van der Waals surface area contributed by atoms with E-state index >= 15 is 0 Å². The lowest BCUT2D eigenvalue weighted by Gasteiger charge is -2.27. The molecule has 1 atom stereocenters. The molecule has 1 heterocycles. The molecule has 20 heavy (non-hydrogen) atoms. The van der Waals surface area contributed by atoms with Crippen molar-refractivity contribution in [2.75, 3.05) is 19.7 Å². The van der Waals surface area contributed by atoms with Crippen LogP contribution in [0.2, 0.25) is 0 Å². The molecule has 0 N–H and O–H groups in total. The number of fused-ring (bicyclic) bond motifs is 1. The van der Waals surface area contributed by atoms with Crippen molar-refractivity contribution in [1.29, 1.82) is 0 Å². The highest BCUT2D eigenvalue weighted by atomic mass is 16.5. The maximum atomic E-state index is 12.8. The highest BCUT2D eigenvalue weighted by Crippen LogP contribution is 2.34. The van der Waals surface area contributed by atoms with Crippen LogP contribution in [0.25, 0.3) is 0 Å². The van der Waals surface area contributed by atoms with E-state index in [9.17, 15) is 4.79 Å². The third-order valence-corrected chi connectivity index (χ3v) is 4.32. The molecule has 0 bridgehead atoms. The zero-order chi connectivity index (χ0) is 14.5. The molecule has 1 unspecified atom stereocenters. The van der Waals surface area contributed by atoms with Crippen LogP contribution >= 0.6 is 0 Å². The highest BCUT2D eigenvalue weighted by molar-refractivity contribution is 5.85. The minimum Gasteiger partial charge on any atom is -0.492 e. The zero-order valence-electron chi connectivity index (χ0n) is 12.8. The van der Waals surface area contributed by atoms with E-state index in [1.165, 1.54) is 0 Å². The summed E-state index contributed by atoms with van der Waals surface area (Å²) in [7, 11) is 0. The molecule has 0 spiro atoms. The van der Waals surface area contributed by atoms with Crippen LogP contribution in [0.1, 0.15) is 45.1 Å². The average molecular weight is 275 g/mol. The first-order chi connectivity index (χ1) is 9.71. The normalized spacial score (nSPS) is 16.9. The first-order valence-corrected chi connectivity index (χ1v) is 7.71. The van der Waals surface area contributed by atoms with Gasteiger partial charge in [0.1, 0.15) is 18.3 Å². The summed E-state index contributed by atoms with van der Waals surface area (Å²) < 4.78 is 5.64. The molecule has 1 aliphatic rings. The summed E-state index contributed by atoms with van der Waals surface area (Å²) in [4.78, 5) is 14.7. The number of hydrogen-bond donors (Lipinski definition) is 0. The van der Waals surface area contributed by atoms with Crippen molar-refractivity contribution in [3.8, 4) is 5.75 Å².